The third kappa shape index (κ3) is 1.76. The molecule has 2 rings (SSSR count). The standard InChI is InChI=1S/C9H6N6O/c10-4-8-3-7(5-12-16)1-2-9(8)15-6-11-13-14-15/h1-3,6H,5H2. The van der Waals surface area contributed by atoms with E-state index in [9.17, 15) is 4.91 Å². The van der Waals surface area contributed by atoms with E-state index in [0.29, 0.717) is 16.8 Å². The Balaban J connectivity index is 2.48. The first-order valence-electron chi connectivity index (χ1n) is 4.40. The highest BCUT2D eigenvalue weighted by Crippen LogP contribution is 2.15. The maximum absolute atomic E-state index is 10.1. The van der Waals surface area contributed by atoms with E-state index in [1.807, 2.05) is 6.07 Å². The number of nitriles is 1. The molecule has 0 unspecified atom stereocenters. The predicted molar refractivity (Wildman–Crippen MR) is 53.4 cm³/mol. The Labute approximate surface area is 90.3 Å². The SMILES string of the molecule is N#Cc1cc(CN=O)ccc1-n1cnnn1. The molecule has 0 spiro atoms. The molecule has 0 bridgehead atoms. The minimum absolute atomic E-state index is 0.0462. The Morgan fingerprint density at radius 3 is 3.00 bits per heavy atom. The second-order valence-corrected chi connectivity index (χ2v) is 3.00. The van der Waals surface area contributed by atoms with Crippen LogP contribution in [0.3, 0.4) is 0 Å². The van der Waals surface area contributed by atoms with Crippen LogP contribution in [0.15, 0.2) is 29.7 Å². The summed E-state index contributed by atoms with van der Waals surface area (Å²) in [6, 6.07) is 7.00. The van der Waals surface area contributed by atoms with Gasteiger partial charge in [0.25, 0.3) is 0 Å². The van der Waals surface area contributed by atoms with Gasteiger partial charge >= 0.3 is 0 Å². The summed E-state index contributed by atoms with van der Waals surface area (Å²) in [6.07, 6.45) is 1.40. The van der Waals surface area contributed by atoms with Gasteiger partial charge < -0.3 is 0 Å². The fourth-order valence-corrected chi connectivity index (χ4v) is 1.32. The quantitative estimate of drug-likeness (QED) is 0.704. The molecule has 0 radical (unpaired) electrons. The van der Waals surface area contributed by atoms with Gasteiger partial charge in [-0.05, 0) is 28.1 Å². The molecule has 1 heterocycles. The molecule has 0 atom stereocenters. The average molecular weight is 214 g/mol. The molecule has 16 heavy (non-hydrogen) atoms. The zero-order valence-electron chi connectivity index (χ0n) is 8.11. The first-order chi connectivity index (χ1) is 7.85. The summed E-state index contributed by atoms with van der Waals surface area (Å²) < 4.78 is 1.39. The highest BCUT2D eigenvalue weighted by molar-refractivity contribution is 5.49. The van der Waals surface area contributed by atoms with Gasteiger partial charge in [0.15, 0.2) is 0 Å². The summed E-state index contributed by atoms with van der Waals surface area (Å²) in [5.41, 5.74) is 1.65. The van der Waals surface area contributed by atoms with Crippen molar-refractivity contribution in [2.24, 2.45) is 5.18 Å². The largest absolute Gasteiger partial charge is 0.199 e. The van der Waals surface area contributed by atoms with Gasteiger partial charge in [-0.25, -0.2) is 0 Å². The molecule has 0 fully saturated rings. The lowest BCUT2D eigenvalue weighted by atomic mass is 10.1. The lowest BCUT2D eigenvalue weighted by molar-refractivity contribution is 0.787. The van der Waals surface area contributed by atoms with Crippen molar-refractivity contribution in [3.8, 4) is 11.8 Å². The molecule has 0 saturated heterocycles. The summed E-state index contributed by atoms with van der Waals surface area (Å²) in [5, 5.41) is 22.4. The van der Waals surface area contributed by atoms with E-state index in [4.69, 9.17) is 5.26 Å². The minimum Gasteiger partial charge on any atom is -0.199 e. The lowest BCUT2D eigenvalue weighted by Gasteiger charge is -2.03. The topological polar surface area (TPSA) is 96.8 Å². The van der Waals surface area contributed by atoms with Crippen molar-refractivity contribution in [2.75, 3.05) is 0 Å². The fourth-order valence-electron chi connectivity index (χ4n) is 1.32. The van der Waals surface area contributed by atoms with Crippen molar-refractivity contribution in [3.63, 3.8) is 0 Å². The molecule has 0 aliphatic carbocycles. The normalized spacial score (nSPS) is 9.69. The number of hydrogen-bond acceptors (Lipinski definition) is 6. The van der Waals surface area contributed by atoms with Crippen LogP contribution in [-0.2, 0) is 6.54 Å². The summed E-state index contributed by atoms with van der Waals surface area (Å²) >= 11 is 0. The van der Waals surface area contributed by atoms with Crippen molar-refractivity contribution < 1.29 is 0 Å². The van der Waals surface area contributed by atoms with Crippen molar-refractivity contribution in [2.45, 2.75) is 6.54 Å². The lowest BCUT2D eigenvalue weighted by Crippen LogP contribution is -1.99. The van der Waals surface area contributed by atoms with E-state index in [1.165, 1.54) is 11.0 Å². The number of nitrogens with zero attached hydrogens (tertiary/aromatic N) is 6. The molecular formula is C9H6N6O. The van der Waals surface area contributed by atoms with Gasteiger partial charge in [0.05, 0.1) is 11.3 Å². The Kier molecular flexibility index (Phi) is 2.65. The summed E-state index contributed by atoms with van der Waals surface area (Å²) in [7, 11) is 0. The van der Waals surface area contributed by atoms with Crippen molar-refractivity contribution in [1.82, 2.24) is 20.2 Å². The van der Waals surface area contributed by atoms with Crippen LogP contribution < -0.4 is 0 Å². The summed E-state index contributed by atoms with van der Waals surface area (Å²) in [6.45, 7) is 0.0462. The average Bonchev–Trinajstić information content (AvgIpc) is 2.83. The van der Waals surface area contributed by atoms with Gasteiger partial charge in [-0.2, -0.15) is 14.9 Å². The van der Waals surface area contributed by atoms with Gasteiger partial charge in [0.1, 0.15) is 18.9 Å². The zero-order valence-corrected chi connectivity index (χ0v) is 8.11. The van der Waals surface area contributed by atoms with E-state index >= 15 is 0 Å². The second kappa shape index (κ2) is 4.27. The smallest absolute Gasteiger partial charge is 0.143 e. The first-order valence-corrected chi connectivity index (χ1v) is 4.40. The highest BCUT2D eigenvalue weighted by Gasteiger charge is 2.06. The maximum Gasteiger partial charge on any atom is 0.143 e. The summed E-state index contributed by atoms with van der Waals surface area (Å²) in [5.74, 6) is 0. The molecule has 78 valence electrons. The predicted octanol–water partition coefficient (Wildman–Crippen LogP) is 0.800. The Bertz CT molecular complexity index is 542. The molecule has 2 aromatic rings. The maximum atomic E-state index is 10.1. The molecule has 1 aromatic heterocycles. The molecule has 0 amide bonds. The van der Waals surface area contributed by atoms with Crippen LogP contribution in [0.25, 0.3) is 5.69 Å². The summed E-state index contributed by atoms with van der Waals surface area (Å²) in [4.78, 5) is 10.1. The van der Waals surface area contributed by atoms with Crippen molar-refractivity contribution in [1.29, 1.82) is 5.26 Å². The van der Waals surface area contributed by atoms with Crippen LogP contribution in [-0.4, -0.2) is 20.2 Å². The number of benzene rings is 1. The van der Waals surface area contributed by atoms with Crippen LogP contribution in [0.2, 0.25) is 0 Å². The van der Waals surface area contributed by atoms with Crippen LogP contribution in [0.5, 0.6) is 0 Å². The van der Waals surface area contributed by atoms with Crippen LogP contribution in [0.1, 0.15) is 11.1 Å². The molecule has 0 aliphatic rings. The van der Waals surface area contributed by atoms with E-state index in [-0.39, 0.29) is 6.54 Å². The molecule has 0 saturated carbocycles. The first kappa shape index (κ1) is 9.92. The molecule has 0 N–H and O–H groups in total. The zero-order chi connectivity index (χ0) is 11.4. The fraction of sp³-hybridized carbons (Fsp3) is 0.111. The third-order valence-electron chi connectivity index (χ3n) is 2.02. The van der Waals surface area contributed by atoms with E-state index in [0.717, 1.165) is 0 Å². The molecular weight excluding hydrogens is 208 g/mol. The number of aromatic nitrogens is 4. The monoisotopic (exact) mass is 214 g/mol. The highest BCUT2D eigenvalue weighted by atomic mass is 16.3. The Morgan fingerprint density at radius 2 is 2.38 bits per heavy atom. The number of hydrogen-bond donors (Lipinski definition) is 0. The second-order valence-electron chi connectivity index (χ2n) is 3.00. The number of tetrazole rings is 1. The van der Waals surface area contributed by atoms with E-state index in [1.54, 1.807) is 18.2 Å². The molecule has 0 aliphatic heterocycles. The van der Waals surface area contributed by atoms with E-state index in [2.05, 4.69) is 20.7 Å². The Morgan fingerprint density at radius 1 is 1.50 bits per heavy atom. The number of rotatable bonds is 3. The van der Waals surface area contributed by atoms with Gasteiger partial charge in [0.2, 0.25) is 0 Å². The van der Waals surface area contributed by atoms with Crippen molar-refractivity contribution >= 4 is 0 Å². The molecule has 7 nitrogen and oxygen atoms in total. The molecule has 1 aromatic carbocycles. The third-order valence-corrected chi connectivity index (χ3v) is 2.02. The van der Waals surface area contributed by atoms with Crippen LogP contribution >= 0.6 is 0 Å². The molecule has 7 heteroatoms. The van der Waals surface area contributed by atoms with E-state index < -0.39 is 0 Å². The minimum atomic E-state index is 0.0462. The van der Waals surface area contributed by atoms with Crippen LogP contribution in [0.4, 0.5) is 0 Å². The number of nitroso groups, excluding NO2 is 1. The van der Waals surface area contributed by atoms with Gasteiger partial charge in [-0.3, -0.25) is 0 Å². The van der Waals surface area contributed by atoms with Gasteiger partial charge in [-0.15, -0.1) is 5.10 Å². The Hall–Kier alpha value is -2.62. The van der Waals surface area contributed by atoms with Gasteiger partial charge in [-0.1, -0.05) is 11.2 Å². The van der Waals surface area contributed by atoms with Gasteiger partial charge in [0, 0.05) is 0 Å². The van der Waals surface area contributed by atoms with Crippen molar-refractivity contribution in [3.05, 3.63) is 40.6 Å². The van der Waals surface area contributed by atoms with Crippen LogP contribution in [0, 0.1) is 16.2 Å².